The number of nitrogens with two attached hydrogens (primary N) is 1. The van der Waals surface area contributed by atoms with Gasteiger partial charge in [-0.25, -0.2) is 4.79 Å². The summed E-state index contributed by atoms with van der Waals surface area (Å²) < 4.78 is 5.98. The van der Waals surface area contributed by atoms with Gasteiger partial charge in [0.05, 0.1) is 12.3 Å². The van der Waals surface area contributed by atoms with Crippen LogP contribution in [0.25, 0.3) is 0 Å². The second-order valence-electron chi connectivity index (χ2n) is 4.70. The number of anilines is 1. The summed E-state index contributed by atoms with van der Waals surface area (Å²) in [7, 11) is 0. The molecule has 0 aliphatic carbocycles. The average molecular weight is 372 g/mol. The number of carbonyl (C=O) groups excluding carboxylic acids is 1. The Morgan fingerprint density at radius 3 is 2.57 bits per heavy atom. The lowest BCUT2D eigenvalue weighted by molar-refractivity contribution is 0.105. The van der Waals surface area contributed by atoms with Gasteiger partial charge in [-0.1, -0.05) is 12.2 Å². The molecule has 0 saturated carbocycles. The minimum absolute atomic E-state index is 0.236. The van der Waals surface area contributed by atoms with Gasteiger partial charge in [0.1, 0.15) is 4.99 Å². The van der Waals surface area contributed by atoms with E-state index >= 15 is 0 Å². The molecule has 0 spiro atoms. The van der Waals surface area contributed by atoms with E-state index in [0.29, 0.717) is 24.7 Å². The average Bonchev–Trinajstić information content (AvgIpc) is 2.47. The summed E-state index contributed by atoms with van der Waals surface area (Å²) in [5.74, 6) is 0. The molecule has 1 aromatic carbocycles. The fraction of sp³-hybridized carbons (Fsp3) is 0.429. The van der Waals surface area contributed by atoms with Crippen LogP contribution in [0.2, 0.25) is 0 Å². The maximum Gasteiger partial charge on any atom is 0.409 e. The Bertz CT molecular complexity index is 545. The molecular formula is C14H18BrN3O2S. The first-order valence-electron chi connectivity index (χ1n) is 6.79. The largest absolute Gasteiger partial charge is 0.450 e. The molecule has 0 atom stereocenters. The van der Waals surface area contributed by atoms with Gasteiger partial charge in [0.2, 0.25) is 0 Å². The van der Waals surface area contributed by atoms with Crippen LogP contribution in [-0.4, -0.2) is 48.8 Å². The number of benzene rings is 1. The lowest BCUT2D eigenvalue weighted by Crippen LogP contribution is -2.49. The summed E-state index contributed by atoms with van der Waals surface area (Å²) in [6.45, 7) is 5.07. The standard InChI is InChI=1S/C14H18BrN3O2S/c1-2-20-14(19)18-7-5-17(6-8-18)12-4-3-10(13(16)21)9-11(12)15/h3-4,9H,2,5-8H2,1H3,(H2,16,21). The van der Waals surface area contributed by atoms with Gasteiger partial charge in [0.25, 0.3) is 0 Å². The lowest BCUT2D eigenvalue weighted by atomic mass is 10.2. The second kappa shape index (κ2) is 7.09. The highest BCUT2D eigenvalue weighted by Gasteiger charge is 2.23. The summed E-state index contributed by atoms with van der Waals surface area (Å²) in [6, 6.07) is 5.84. The molecule has 1 aliphatic heterocycles. The third kappa shape index (κ3) is 3.85. The van der Waals surface area contributed by atoms with Gasteiger partial charge in [0.15, 0.2) is 0 Å². The van der Waals surface area contributed by atoms with Crippen molar-refractivity contribution in [3.05, 3.63) is 28.2 Å². The SMILES string of the molecule is CCOC(=O)N1CCN(c2ccc(C(N)=S)cc2Br)CC1. The number of amides is 1. The zero-order valence-corrected chi connectivity index (χ0v) is 14.2. The maximum atomic E-state index is 11.7. The molecule has 1 fully saturated rings. The second-order valence-corrected chi connectivity index (χ2v) is 6.00. The van der Waals surface area contributed by atoms with Gasteiger partial charge >= 0.3 is 6.09 Å². The quantitative estimate of drug-likeness (QED) is 0.826. The number of carbonyl (C=O) groups is 1. The van der Waals surface area contributed by atoms with E-state index in [1.165, 1.54) is 0 Å². The van der Waals surface area contributed by atoms with Crippen molar-refractivity contribution >= 4 is 44.9 Å². The molecule has 0 radical (unpaired) electrons. The number of thiocarbonyl (C=S) groups is 1. The van der Waals surface area contributed by atoms with E-state index in [4.69, 9.17) is 22.7 Å². The molecule has 0 unspecified atom stereocenters. The van der Waals surface area contributed by atoms with Crippen LogP contribution >= 0.6 is 28.1 Å². The highest BCUT2D eigenvalue weighted by molar-refractivity contribution is 9.10. The summed E-state index contributed by atoms with van der Waals surface area (Å²) in [4.78, 5) is 16.0. The number of ether oxygens (including phenoxy) is 1. The Kier molecular flexibility index (Phi) is 5.41. The van der Waals surface area contributed by atoms with Crippen LogP contribution in [0, 0.1) is 0 Å². The predicted molar refractivity (Wildman–Crippen MR) is 90.8 cm³/mol. The van der Waals surface area contributed by atoms with Crippen LogP contribution in [0.5, 0.6) is 0 Å². The fourth-order valence-electron chi connectivity index (χ4n) is 2.26. The number of hydrogen-bond donors (Lipinski definition) is 1. The van der Waals surface area contributed by atoms with E-state index in [2.05, 4.69) is 20.8 Å². The van der Waals surface area contributed by atoms with Crippen LogP contribution in [0.3, 0.4) is 0 Å². The Morgan fingerprint density at radius 1 is 1.38 bits per heavy atom. The van der Waals surface area contributed by atoms with Crippen molar-refractivity contribution in [3.8, 4) is 0 Å². The molecule has 1 amide bonds. The molecule has 2 N–H and O–H groups in total. The lowest BCUT2D eigenvalue weighted by Gasteiger charge is -2.36. The van der Waals surface area contributed by atoms with Gasteiger partial charge in [-0.3, -0.25) is 0 Å². The van der Waals surface area contributed by atoms with Crippen LogP contribution in [0.15, 0.2) is 22.7 Å². The first-order chi connectivity index (χ1) is 10.0. The predicted octanol–water partition coefficient (Wildman–Crippen LogP) is 2.36. The molecule has 1 saturated heterocycles. The van der Waals surface area contributed by atoms with Gasteiger partial charge in [-0.05, 0) is 41.1 Å². The topological polar surface area (TPSA) is 58.8 Å². The molecule has 1 aromatic rings. The molecule has 0 aromatic heterocycles. The molecule has 2 rings (SSSR count). The van der Waals surface area contributed by atoms with Gasteiger partial charge in [-0.2, -0.15) is 0 Å². The van der Waals surface area contributed by atoms with Gasteiger partial charge < -0.3 is 20.3 Å². The van der Waals surface area contributed by atoms with E-state index in [1.54, 1.807) is 4.90 Å². The summed E-state index contributed by atoms with van der Waals surface area (Å²) in [6.07, 6.45) is -0.236. The normalized spacial score (nSPS) is 15.0. The van der Waals surface area contributed by atoms with Gasteiger partial charge in [-0.15, -0.1) is 0 Å². The number of rotatable bonds is 3. The minimum atomic E-state index is -0.236. The van der Waals surface area contributed by atoms with E-state index in [0.717, 1.165) is 28.8 Å². The third-order valence-electron chi connectivity index (χ3n) is 3.38. The fourth-order valence-corrected chi connectivity index (χ4v) is 3.02. The molecule has 114 valence electrons. The van der Waals surface area contributed by atoms with Crippen molar-refractivity contribution in [2.45, 2.75) is 6.92 Å². The molecule has 21 heavy (non-hydrogen) atoms. The Hall–Kier alpha value is -1.34. The maximum absolute atomic E-state index is 11.7. The number of nitrogens with zero attached hydrogens (tertiary/aromatic N) is 2. The first kappa shape index (κ1) is 16.0. The molecule has 5 nitrogen and oxygen atoms in total. The van der Waals surface area contributed by atoms with E-state index < -0.39 is 0 Å². The van der Waals surface area contributed by atoms with Crippen molar-refractivity contribution in [3.63, 3.8) is 0 Å². The molecule has 1 aliphatic rings. The van der Waals surface area contributed by atoms with E-state index in [9.17, 15) is 4.79 Å². The minimum Gasteiger partial charge on any atom is -0.450 e. The summed E-state index contributed by atoms with van der Waals surface area (Å²) >= 11 is 8.53. The Morgan fingerprint density at radius 2 is 2.05 bits per heavy atom. The van der Waals surface area contributed by atoms with Crippen LogP contribution < -0.4 is 10.6 Å². The number of halogens is 1. The van der Waals surface area contributed by atoms with Crippen molar-refractivity contribution in [2.24, 2.45) is 5.73 Å². The summed E-state index contributed by atoms with van der Waals surface area (Å²) in [5.41, 5.74) is 7.55. The number of hydrogen-bond acceptors (Lipinski definition) is 4. The zero-order valence-electron chi connectivity index (χ0n) is 11.8. The molecular weight excluding hydrogens is 354 g/mol. The van der Waals surface area contributed by atoms with Crippen molar-refractivity contribution < 1.29 is 9.53 Å². The van der Waals surface area contributed by atoms with Crippen LogP contribution in [-0.2, 0) is 4.74 Å². The Balaban J connectivity index is 2.02. The smallest absolute Gasteiger partial charge is 0.409 e. The number of piperazine rings is 1. The molecule has 7 heteroatoms. The van der Waals surface area contributed by atoms with E-state index in [1.807, 2.05) is 25.1 Å². The highest BCUT2D eigenvalue weighted by Crippen LogP contribution is 2.28. The van der Waals surface area contributed by atoms with E-state index in [-0.39, 0.29) is 6.09 Å². The van der Waals surface area contributed by atoms with Crippen molar-refractivity contribution in [1.29, 1.82) is 0 Å². The highest BCUT2D eigenvalue weighted by atomic mass is 79.9. The third-order valence-corrected chi connectivity index (χ3v) is 4.25. The Labute approximate surface area is 138 Å². The van der Waals surface area contributed by atoms with Crippen LogP contribution in [0.4, 0.5) is 10.5 Å². The molecule has 1 heterocycles. The monoisotopic (exact) mass is 371 g/mol. The van der Waals surface area contributed by atoms with Crippen molar-refractivity contribution in [1.82, 2.24) is 4.90 Å². The summed E-state index contributed by atoms with van der Waals surface area (Å²) in [5, 5.41) is 0. The van der Waals surface area contributed by atoms with Gasteiger partial charge in [0, 0.05) is 36.2 Å². The van der Waals surface area contributed by atoms with Crippen LogP contribution in [0.1, 0.15) is 12.5 Å². The van der Waals surface area contributed by atoms with Crippen molar-refractivity contribution in [2.75, 3.05) is 37.7 Å². The zero-order chi connectivity index (χ0) is 15.4. The molecule has 0 bridgehead atoms. The first-order valence-corrected chi connectivity index (χ1v) is 7.99.